The molecule has 0 aliphatic heterocycles. The molecule has 0 unspecified atom stereocenters. The van der Waals surface area contributed by atoms with Gasteiger partial charge in [-0.15, -0.1) is 0 Å². The lowest BCUT2D eigenvalue weighted by atomic mass is 9.91. The zero-order valence-corrected chi connectivity index (χ0v) is 19.7. The minimum absolute atomic E-state index is 0.0266. The van der Waals surface area contributed by atoms with Crippen molar-refractivity contribution < 1.29 is 30.0 Å². The third kappa shape index (κ3) is 5.34. The van der Waals surface area contributed by atoms with Crippen molar-refractivity contribution in [3.63, 3.8) is 0 Å². The molecular weight excluding hydrogens is 432 g/mol. The maximum atomic E-state index is 13.0. The van der Waals surface area contributed by atoms with Crippen LogP contribution in [0.1, 0.15) is 60.2 Å². The van der Waals surface area contributed by atoms with E-state index in [-0.39, 0.29) is 17.1 Å². The maximum absolute atomic E-state index is 13.0. The van der Waals surface area contributed by atoms with E-state index in [9.17, 15) is 25.2 Å². The second-order valence-electron chi connectivity index (χ2n) is 8.53. The quantitative estimate of drug-likeness (QED) is 0.132. The van der Waals surface area contributed by atoms with E-state index < -0.39 is 23.2 Å². The van der Waals surface area contributed by atoms with Gasteiger partial charge in [0, 0.05) is 0 Å². The second-order valence-corrected chi connectivity index (χ2v) is 8.53. The number of carbonyl (C=O) groups is 1. The molecule has 6 nitrogen and oxygen atoms in total. The normalized spacial score (nSPS) is 10.8. The average molecular weight is 463 g/mol. The van der Waals surface area contributed by atoms with Crippen LogP contribution in [0.15, 0.2) is 49.0 Å². The highest BCUT2D eigenvalue weighted by Gasteiger charge is 2.22. The zero-order chi connectivity index (χ0) is 25.0. The molecule has 0 fully saturated rings. The summed E-state index contributed by atoms with van der Waals surface area (Å²) in [7, 11) is 0. The SMILES string of the molecule is C=C(C)c1ccc(C)cc1-c1c(O)cc(CCCCC)cc1OC(=O)c1cc(O)c(O)c(O)c1. The first-order valence-corrected chi connectivity index (χ1v) is 11.2. The Bertz CT molecular complexity index is 1220. The lowest BCUT2D eigenvalue weighted by Crippen LogP contribution is -2.10. The molecule has 0 aliphatic carbocycles. The molecule has 4 N–H and O–H groups in total. The first-order valence-electron chi connectivity index (χ1n) is 11.2. The molecule has 0 bridgehead atoms. The lowest BCUT2D eigenvalue weighted by molar-refractivity contribution is 0.0734. The van der Waals surface area contributed by atoms with E-state index in [0.717, 1.165) is 53.7 Å². The molecule has 178 valence electrons. The summed E-state index contributed by atoms with van der Waals surface area (Å²) < 4.78 is 5.71. The van der Waals surface area contributed by atoms with E-state index >= 15 is 0 Å². The van der Waals surface area contributed by atoms with Gasteiger partial charge in [-0.3, -0.25) is 0 Å². The molecule has 3 rings (SSSR count). The topological polar surface area (TPSA) is 107 Å². The highest BCUT2D eigenvalue weighted by Crippen LogP contribution is 2.43. The number of carbonyl (C=O) groups excluding carboxylic acids is 1. The van der Waals surface area contributed by atoms with Gasteiger partial charge in [-0.2, -0.15) is 0 Å². The number of rotatable bonds is 8. The molecule has 0 heterocycles. The van der Waals surface area contributed by atoms with Gasteiger partial charge in [-0.25, -0.2) is 4.79 Å². The highest BCUT2D eigenvalue weighted by atomic mass is 16.5. The number of esters is 1. The van der Waals surface area contributed by atoms with Crippen molar-refractivity contribution in [2.45, 2.75) is 46.5 Å². The van der Waals surface area contributed by atoms with Gasteiger partial charge >= 0.3 is 5.97 Å². The number of benzene rings is 3. The Hall–Kier alpha value is -3.93. The van der Waals surface area contributed by atoms with E-state index in [2.05, 4.69) is 13.5 Å². The summed E-state index contributed by atoms with van der Waals surface area (Å²) in [6.45, 7) is 9.93. The van der Waals surface area contributed by atoms with Crippen molar-refractivity contribution in [3.8, 4) is 39.9 Å². The van der Waals surface area contributed by atoms with E-state index in [0.29, 0.717) is 17.5 Å². The maximum Gasteiger partial charge on any atom is 0.343 e. The molecular formula is C28H30O6. The largest absolute Gasteiger partial charge is 0.507 e. The summed E-state index contributed by atoms with van der Waals surface area (Å²) in [4.78, 5) is 13.0. The Morgan fingerprint density at radius 3 is 2.24 bits per heavy atom. The summed E-state index contributed by atoms with van der Waals surface area (Å²) >= 11 is 0. The number of aromatic hydroxyl groups is 4. The fraction of sp³-hybridized carbons (Fsp3) is 0.250. The van der Waals surface area contributed by atoms with Crippen molar-refractivity contribution in [1.29, 1.82) is 0 Å². The van der Waals surface area contributed by atoms with Crippen molar-refractivity contribution in [1.82, 2.24) is 0 Å². The molecule has 0 spiro atoms. The van der Waals surface area contributed by atoms with Crippen LogP contribution in [0.4, 0.5) is 0 Å². The Morgan fingerprint density at radius 1 is 0.941 bits per heavy atom. The summed E-state index contributed by atoms with van der Waals surface area (Å²) in [6.07, 6.45) is 3.70. The molecule has 0 atom stereocenters. The smallest absolute Gasteiger partial charge is 0.343 e. The van der Waals surface area contributed by atoms with Gasteiger partial charge in [0.05, 0.1) is 11.1 Å². The van der Waals surface area contributed by atoms with E-state index in [1.165, 1.54) is 0 Å². The van der Waals surface area contributed by atoms with Gasteiger partial charge in [-0.05, 0) is 67.6 Å². The number of phenolic OH excluding ortho intramolecular Hbond substituents is 4. The Labute approximate surface area is 199 Å². The van der Waals surface area contributed by atoms with Crippen LogP contribution in [0, 0.1) is 6.92 Å². The average Bonchev–Trinajstić information content (AvgIpc) is 2.76. The summed E-state index contributed by atoms with van der Waals surface area (Å²) in [5, 5.41) is 40.2. The van der Waals surface area contributed by atoms with Crippen molar-refractivity contribution in [2.24, 2.45) is 0 Å². The molecule has 0 radical (unpaired) electrons. The summed E-state index contributed by atoms with van der Waals surface area (Å²) in [6, 6.07) is 11.2. The Balaban J connectivity index is 2.15. The van der Waals surface area contributed by atoms with Crippen LogP contribution >= 0.6 is 0 Å². The van der Waals surface area contributed by atoms with E-state index in [1.807, 2.05) is 32.0 Å². The van der Waals surface area contributed by atoms with Crippen LogP contribution in [0.5, 0.6) is 28.7 Å². The highest BCUT2D eigenvalue weighted by molar-refractivity contribution is 5.95. The Morgan fingerprint density at radius 2 is 1.62 bits per heavy atom. The number of hydrogen-bond acceptors (Lipinski definition) is 6. The van der Waals surface area contributed by atoms with Gasteiger partial charge < -0.3 is 25.2 Å². The fourth-order valence-corrected chi connectivity index (χ4v) is 3.85. The molecule has 3 aromatic carbocycles. The van der Waals surface area contributed by atoms with Crippen LogP contribution in [-0.2, 0) is 6.42 Å². The molecule has 0 saturated heterocycles. The van der Waals surface area contributed by atoms with Gasteiger partial charge in [0.2, 0.25) is 0 Å². The molecule has 0 aromatic heterocycles. The van der Waals surface area contributed by atoms with Crippen molar-refractivity contribution >= 4 is 11.5 Å². The lowest BCUT2D eigenvalue weighted by Gasteiger charge is -2.18. The van der Waals surface area contributed by atoms with Gasteiger partial charge in [0.15, 0.2) is 17.2 Å². The third-order valence-corrected chi connectivity index (χ3v) is 5.62. The van der Waals surface area contributed by atoms with Crippen LogP contribution in [0.25, 0.3) is 16.7 Å². The number of aryl methyl sites for hydroxylation is 2. The zero-order valence-electron chi connectivity index (χ0n) is 19.7. The molecule has 0 saturated carbocycles. The van der Waals surface area contributed by atoms with E-state index in [4.69, 9.17) is 4.74 Å². The fourth-order valence-electron chi connectivity index (χ4n) is 3.85. The summed E-state index contributed by atoms with van der Waals surface area (Å²) in [5.74, 6) is -2.75. The standard InChI is InChI=1S/C28H30O6/c1-5-6-7-8-18-12-22(29)26(21-11-17(4)9-10-20(21)16(2)3)25(13-18)34-28(33)19-14-23(30)27(32)24(31)15-19/h9-15,29-32H,2,5-8H2,1,3-4H3. The number of allylic oxidation sites excluding steroid dienone is 1. The van der Waals surface area contributed by atoms with Crippen LogP contribution in [-0.4, -0.2) is 26.4 Å². The van der Waals surface area contributed by atoms with Gasteiger partial charge in [0.25, 0.3) is 0 Å². The first kappa shape index (κ1) is 24.7. The number of ether oxygens (including phenoxy) is 1. The number of unbranched alkanes of at least 4 members (excludes halogenated alkanes) is 2. The third-order valence-electron chi connectivity index (χ3n) is 5.62. The predicted molar refractivity (Wildman–Crippen MR) is 133 cm³/mol. The molecule has 34 heavy (non-hydrogen) atoms. The molecule has 3 aromatic rings. The number of phenols is 4. The predicted octanol–water partition coefficient (Wildman–Crippen LogP) is 6.47. The van der Waals surface area contributed by atoms with Crippen LogP contribution in [0.2, 0.25) is 0 Å². The van der Waals surface area contributed by atoms with Crippen LogP contribution < -0.4 is 4.74 Å². The minimum atomic E-state index is -0.860. The van der Waals surface area contributed by atoms with Gasteiger partial charge in [-0.1, -0.05) is 55.7 Å². The minimum Gasteiger partial charge on any atom is -0.507 e. The molecule has 0 amide bonds. The monoisotopic (exact) mass is 462 g/mol. The number of hydrogen-bond donors (Lipinski definition) is 4. The van der Waals surface area contributed by atoms with Crippen molar-refractivity contribution in [2.75, 3.05) is 0 Å². The second kappa shape index (κ2) is 10.3. The van der Waals surface area contributed by atoms with Crippen LogP contribution in [0.3, 0.4) is 0 Å². The van der Waals surface area contributed by atoms with Gasteiger partial charge in [0.1, 0.15) is 11.5 Å². The molecule has 0 aliphatic rings. The summed E-state index contributed by atoms with van der Waals surface area (Å²) in [5.41, 5.74) is 4.23. The first-order chi connectivity index (χ1) is 16.1. The molecule has 6 heteroatoms. The Kier molecular flexibility index (Phi) is 7.51. The van der Waals surface area contributed by atoms with E-state index in [1.54, 1.807) is 12.1 Å². The van der Waals surface area contributed by atoms with Crippen molar-refractivity contribution in [3.05, 3.63) is 71.3 Å².